The molecule has 2 rings (SSSR count). The molecule has 0 saturated heterocycles. The summed E-state index contributed by atoms with van der Waals surface area (Å²) in [4.78, 5) is 12.1. The van der Waals surface area contributed by atoms with E-state index in [1.165, 1.54) is 18.2 Å². The first-order valence-corrected chi connectivity index (χ1v) is 7.74. The number of benzene rings is 2. The van der Waals surface area contributed by atoms with Crippen LogP contribution in [0.1, 0.15) is 15.9 Å². The highest BCUT2D eigenvalue weighted by Crippen LogP contribution is 2.18. The van der Waals surface area contributed by atoms with E-state index in [1.807, 2.05) is 12.1 Å². The number of para-hydroxylation sites is 1. The maximum Gasteiger partial charge on any atom is 0.255 e. The topological polar surface area (TPSA) is 46.2 Å². The first-order chi connectivity index (χ1) is 9.56. The molecule has 0 aliphatic heterocycles. The molecule has 20 heavy (non-hydrogen) atoms. The van der Waals surface area contributed by atoms with Crippen LogP contribution in [0.4, 0.5) is 10.1 Å². The van der Waals surface area contributed by atoms with Crippen molar-refractivity contribution in [1.29, 1.82) is 0 Å². The Morgan fingerprint density at radius 1 is 1.20 bits per heavy atom. The summed E-state index contributed by atoms with van der Waals surface area (Å²) in [6, 6.07) is 12.6. The van der Waals surface area contributed by atoms with Crippen LogP contribution in [0.25, 0.3) is 0 Å². The van der Waals surface area contributed by atoms with Crippen molar-refractivity contribution in [2.24, 2.45) is 0 Å². The molecule has 2 aromatic rings. The maximum atomic E-state index is 13.1. The molecule has 0 bridgehead atoms. The van der Waals surface area contributed by atoms with Crippen molar-refractivity contribution in [3.8, 4) is 0 Å². The third kappa shape index (κ3) is 3.74. The van der Waals surface area contributed by atoms with Gasteiger partial charge in [-0.2, -0.15) is 0 Å². The molecule has 0 unspecified atom stereocenters. The highest BCUT2D eigenvalue weighted by Gasteiger charge is 2.10. The number of hydrogen-bond donors (Lipinski definition) is 1. The van der Waals surface area contributed by atoms with Crippen LogP contribution in [0.2, 0.25) is 0 Å². The number of carbonyl (C=O) groups excluding carboxylic acids is 1. The highest BCUT2D eigenvalue weighted by molar-refractivity contribution is 7.83. The maximum absolute atomic E-state index is 13.1. The van der Waals surface area contributed by atoms with Crippen molar-refractivity contribution in [3.05, 3.63) is 65.5 Å². The lowest BCUT2D eigenvalue weighted by atomic mass is 10.1. The van der Waals surface area contributed by atoms with Gasteiger partial charge >= 0.3 is 0 Å². The van der Waals surface area contributed by atoms with Gasteiger partial charge in [0.1, 0.15) is 5.82 Å². The van der Waals surface area contributed by atoms with E-state index in [0.717, 1.165) is 5.56 Å². The van der Waals surface area contributed by atoms with Crippen molar-refractivity contribution in [2.45, 2.75) is 5.75 Å². The molecule has 0 aliphatic carbocycles. The normalized spacial score (nSPS) is 11.9. The van der Waals surface area contributed by atoms with Crippen LogP contribution in [0.15, 0.2) is 48.5 Å². The van der Waals surface area contributed by atoms with E-state index in [2.05, 4.69) is 5.32 Å². The average molecular weight is 291 g/mol. The van der Waals surface area contributed by atoms with Crippen LogP contribution in [0.3, 0.4) is 0 Å². The highest BCUT2D eigenvalue weighted by atomic mass is 32.2. The number of rotatable bonds is 4. The molecule has 1 N–H and O–H groups in total. The zero-order valence-corrected chi connectivity index (χ0v) is 11.7. The molecule has 1 atom stereocenters. The van der Waals surface area contributed by atoms with E-state index < -0.39 is 16.6 Å². The Hall–Kier alpha value is -2.01. The van der Waals surface area contributed by atoms with Gasteiger partial charge in [-0.25, -0.2) is 4.39 Å². The zero-order valence-electron chi connectivity index (χ0n) is 10.9. The van der Waals surface area contributed by atoms with E-state index in [0.29, 0.717) is 11.4 Å². The summed E-state index contributed by atoms with van der Waals surface area (Å²) in [6.07, 6.45) is 1.60. The van der Waals surface area contributed by atoms with Gasteiger partial charge < -0.3 is 5.32 Å². The van der Waals surface area contributed by atoms with Crippen molar-refractivity contribution in [1.82, 2.24) is 0 Å². The summed E-state index contributed by atoms with van der Waals surface area (Å²) in [5.74, 6) is -0.487. The van der Waals surface area contributed by atoms with Crippen LogP contribution in [-0.4, -0.2) is 16.4 Å². The molecule has 0 spiro atoms. The Balaban J connectivity index is 2.21. The molecule has 0 fully saturated rings. The third-order valence-corrected chi connectivity index (χ3v) is 3.43. The van der Waals surface area contributed by atoms with Gasteiger partial charge in [-0.05, 0) is 29.8 Å². The molecule has 5 heteroatoms. The van der Waals surface area contributed by atoms with Crippen molar-refractivity contribution >= 4 is 22.4 Å². The fourth-order valence-electron chi connectivity index (χ4n) is 1.81. The lowest BCUT2D eigenvalue weighted by Crippen LogP contribution is -2.13. The Kier molecular flexibility index (Phi) is 4.63. The van der Waals surface area contributed by atoms with Crippen LogP contribution in [0.5, 0.6) is 0 Å². The summed E-state index contributed by atoms with van der Waals surface area (Å²) < 4.78 is 24.4. The molecule has 104 valence electrons. The van der Waals surface area contributed by atoms with Gasteiger partial charge in [-0.15, -0.1) is 0 Å². The molecule has 2 aromatic carbocycles. The van der Waals surface area contributed by atoms with E-state index in [-0.39, 0.29) is 11.5 Å². The van der Waals surface area contributed by atoms with Crippen LogP contribution in [-0.2, 0) is 16.6 Å². The monoisotopic (exact) mass is 291 g/mol. The van der Waals surface area contributed by atoms with Gasteiger partial charge in [-0.1, -0.05) is 24.3 Å². The second-order valence-corrected chi connectivity index (χ2v) is 5.77. The molecule has 0 aromatic heterocycles. The SMILES string of the molecule is C[S@@](=O)Cc1ccccc1NC(=O)c1cccc(F)c1. The van der Waals surface area contributed by atoms with E-state index in [4.69, 9.17) is 0 Å². The van der Waals surface area contributed by atoms with Crippen LogP contribution in [0, 0.1) is 5.82 Å². The Morgan fingerprint density at radius 2 is 1.95 bits per heavy atom. The summed E-state index contributed by atoms with van der Waals surface area (Å²) in [6.45, 7) is 0. The first-order valence-electron chi connectivity index (χ1n) is 6.01. The van der Waals surface area contributed by atoms with Crippen LogP contribution >= 0.6 is 0 Å². The number of carbonyl (C=O) groups is 1. The average Bonchev–Trinajstić information content (AvgIpc) is 2.40. The molecule has 0 heterocycles. The minimum Gasteiger partial charge on any atom is -0.322 e. The quantitative estimate of drug-likeness (QED) is 0.941. The van der Waals surface area contributed by atoms with Gasteiger partial charge in [-0.3, -0.25) is 9.00 Å². The van der Waals surface area contributed by atoms with E-state index >= 15 is 0 Å². The minimum atomic E-state index is -1.00. The van der Waals surface area contributed by atoms with Gasteiger partial charge in [0.2, 0.25) is 0 Å². The molecule has 0 aliphatic rings. The lowest BCUT2D eigenvalue weighted by Gasteiger charge is -2.10. The Labute approximate surface area is 119 Å². The largest absolute Gasteiger partial charge is 0.322 e. The zero-order chi connectivity index (χ0) is 14.5. The third-order valence-electron chi connectivity index (χ3n) is 2.71. The number of halogens is 1. The van der Waals surface area contributed by atoms with Gasteiger partial charge in [0.05, 0.1) is 5.75 Å². The molecule has 3 nitrogen and oxygen atoms in total. The van der Waals surface area contributed by atoms with Crippen molar-refractivity contribution < 1.29 is 13.4 Å². The minimum absolute atomic E-state index is 0.248. The number of anilines is 1. The summed E-state index contributed by atoms with van der Waals surface area (Å²) >= 11 is 0. The lowest BCUT2D eigenvalue weighted by molar-refractivity contribution is 0.102. The van der Waals surface area contributed by atoms with Gasteiger partial charge in [0.15, 0.2) is 0 Å². The second-order valence-electron chi connectivity index (χ2n) is 4.34. The first kappa shape index (κ1) is 14.4. The smallest absolute Gasteiger partial charge is 0.255 e. The van der Waals surface area contributed by atoms with Gasteiger partial charge in [0.25, 0.3) is 5.91 Å². The fraction of sp³-hybridized carbons (Fsp3) is 0.133. The van der Waals surface area contributed by atoms with E-state index in [1.54, 1.807) is 24.5 Å². The molecule has 1 amide bonds. The number of nitrogens with one attached hydrogen (secondary N) is 1. The summed E-state index contributed by atoms with van der Waals surface area (Å²) in [7, 11) is -1.00. The van der Waals surface area contributed by atoms with Crippen LogP contribution < -0.4 is 5.32 Å². The molecule has 0 saturated carbocycles. The fourth-order valence-corrected chi connectivity index (χ4v) is 2.50. The summed E-state index contributed by atoms with van der Waals surface area (Å²) in [5.41, 5.74) is 1.63. The molecular weight excluding hydrogens is 277 g/mol. The van der Waals surface area contributed by atoms with Crippen molar-refractivity contribution in [2.75, 3.05) is 11.6 Å². The number of amides is 1. The predicted molar refractivity (Wildman–Crippen MR) is 78.6 cm³/mol. The Bertz CT molecular complexity index is 658. The molecular formula is C15H14FNO2S. The van der Waals surface area contributed by atoms with Crippen molar-refractivity contribution in [3.63, 3.8) is 0 Å². The van der Waals surface area contributed by atoms with Gasteiger partial charge in [0, 0.05) is 28.3 Å². The molecule has 0 radical (unpaired) electrons. The Morgan fingerprint density at radius 3 is 2.65 bits per heavy atom. The number of hydrogen-bond acceptors (Lipinski definition) is 2. The van der Waals surface area contributed by atoms with E-state index in [9.17, 15) is 13.4 Å². The predicted octanol–water partition coefficient (Wildman–Crippen LogP) is 2.96. The standard InChI is InChI=1S/C15H14FNO2S/c1-20(19)10-12-5-2-3-8-14(12)17-15(18)11-6-4-7-13(16)9-11/h2-9H,10H2,1H3,(H,17,18)/t20-/m1/s1. The summed E-state index contributed by atoms with van der Waals surface area (Å²) in [5, 5.41) is 2.72. The second kappa shape index (κ2) is 6.43.